The zero-order valence-corrected chi connectivity index (χ0v) is 16.9. The molecule has 1 aromatic carbocycles. The molecule has 0 radical (unpaired) electrons. The lowest BCUT2D eigenvalue weighted by molar-refractivity contribution is -0.114. The largest absolute Gasteiger partial charge is 0.364 e. The topological polar surface area (TPSA) is 91.0 Å². The Hall–Kier alpha value is -3.55. The van der Waals surface area contributed by atoms with E-state index in [2.05, 4.69) is 14.7 Å². The van der Waals surface area contributed by atoms with Gasteiger partial charge in [-0.3, -0.25) is 4.79 Å². The number of nitrogens with zero attached hydrogens (tertiary/aromatic N) is 4. The van der Waals surface area contributed by atoms with Crippen LogP contribution in [0.2, 0.25) is 0 Å². The number of carbonyl (C=O) groups excluding carboxylic acids is 1. The minimum atomic E-state index is -1.55. The molecule has 0 bridgehead atoms. The van der Waals surface area contributed by atoms with Crippen molar-refractivity contribution < 1.29 is 15.0 Å². The van der Waals surface area contributed by atoms with Crippen LogP contribution in [0.4, 0.5) is 5.69 Å². The Balaban J connectivity index is 1.67. The number of rotatable bonds is 4. The van der Waals surface area contributed by atoms with Crippen molar-refractivity contribution in [1.82, 2.24) is 9.55 Å². The third kappa shape index (κ3) is 3.45. The van der Waals surface area contributed by atoms with E-state index in [1.165, 1.54) is 5.01 Å². The van der Waals surface area contributed by atoms with Crippen LogP contribution < -0.4 is 5.01 Å². The fraction of sp³-hybridized carbons (Fsp3) is 0.174. The number of benzene rings is 1. The first kappa shape index (κ1) is 19.8. The maximum Gasteiger partial charge on any atom is 0.280 e. The Bertz CT molecular complexity index is 1160. The molecule has 0 saturated carbocycles. The van der Waals surface area contributed by atoms with Crippen LogP contribution in [-0.2, 0) is 4.79 Å². The Morgan fingerprint density at radius 2 is 1.77 bits per heavy atom. The highest BCUT2D eigenvalue weighted by molar-refractivity contribution is 6.32. The van der Waals surface area contributed by atoms with Crippen molar-refractivity contribution in [3.05, 3.63) is 82.8 Å². The minimum Gasteiger partial charge on any atom is -0.364 e. The monoisotopic (exact) mass is 402 g/mol. The van der Waals surface area contributed by atoms with Gasteiger partial charge in [0.25, 0.3) is 5.91 Å². The van der Waals surface area contributed by atoms with Gasteiger partial charge in [-0.1, -0.05) is 18.2 Å². The number of aliphatic hydroxyl groups is 2. The lowest BCUT2D eigenvalue weighted by atomic mass is 10.1. The second kappa shape index (κ2) is 7.70. The quantitative estimate of drug-likeness (QED) is 0.518. The van der Waals surface area contributed by atoms with E-state index in [0.717, 1.165) is 22.8 Å². The molecule has 0 spiro atoms. The molecule has 152 valence electrons. The second-order valence-electron chi connectivity index (χ2n) is 7.18. The van der Waals surface area contributed by atoms with Crippen molar-refractivity contribution in [3.8, 4) is 5.82 Å². The normalized spacial score (nSPS) is 15.4. The van der Waals surface area contributed by atoms with Gasteiger partial charge in [0.15, 0.2) is 6.29 Å². The number of aryl methyl sites for hydroxylation is 1. The second-order valence-corrected chi connectivity index (χ2v) is 7.18. The first-order valence-electron chi connectivity index (χ1n) is 9.55. The number of carbonyl (C=O) groups is 1. The molecule has 7 heteroatoms. The maximum absolute atomic E-state index is 13.0. The summed E-state index contributed by atoms with van der Waals surface area (Å²) >= 11 is 0. The number of pyridine rings is 1. The SMILES string of the molecule is CC1=NN(c2ccc(C(O)O)cc2)C(=O)C1=Cc1cc(C)n(-c2ccccn2)c1C. The Morgan fingerprint density at radius 1 is 1.03 bits per heavy atom. The standard InChI is InChI=1S/C23H22N4O3/c1-14-12-18(16(3)26(14)21-6-4-5-11-24-21)13-20-15(2)25-27(22(20)28)19-9-7-17(8-10-19)23(29)30/h4-13,23,29-30H,1-3H3. The molecule has 7 nitrogen and oxygen atoms in total. The van der Waals surface area contributed by atoms with Gasteiger partial charge in [0.2, 0.25) is 0 Å². The first-order valence-corrected chi connectivity index (χ1v) is 9.55. The number of aliphatic hydroxyl groups excluding tert-OH is 1. The van der Waals surface area contributed by atoms with Gasteiger partial charge in [0.05, 0.1) is 17.0 Å². The molecular formula is C23H22N4O3. The molecule has 2 aromatic heterocycles. The molecule has 0 fully saturated rings. The molecule has 1 aliphatic rings. The number of hydrogen-bond acceptors (Lipinski definition) is 5. The number of aromatic nitrogens is 2. The summed E-state index contributed by atoms with van der Waals surface area (Å²) in [7, 11) is 0. The summed E-state index contributed by atoms with van der Waals surface area (Å²) in [5, 5.41) is 24.2. The van der Waals surface area contributed by atoms with Gasteiger partial charge in [-0.15, -0.1) is 0 Å². The summed E-state index contributed by atoms with van der Waals surface area (Å²) in [4.78, 5) is 17.5. The zero-order chi connectivity index (χ0) is 21.4. The third-order valence-corrected chi connectivity index (χ3v) is 5.15. The van der Waals surface area contributed by atoms with E-state index in [-0.39, 0.29) is 5.91 Å². The summed E-state index contributed by atoms with van der Waals surface area (Å²) in [6.07, 6.45) is 2.06. The average Bonchev–Trinajstić information content (AvgIpc) is 3.18. The van der Waals surface area contributed by atoms with Crippen molar-refractivity contribution in [2.75, 3.05) is 5.01 Å². The van der Waals surface area contributed by atoms with E-state index in [0.29, 0.717) is 22.5 Å². The van der Waals surface area contributed by atoms with Crippen LogP contribution in [0.25, 0.3) is 11.9 Å². The lowest BCUT2D eigenvalue weighted by Crippen LogP contribution is -2.21. The van der Waals surface area contributed by atoms with Crippen LogP contribution in [0, 0.1) is 13.8 Å². The summed E-state index contributed by atoms with van der Waals surface area (Å²) < 4.78 is 2.05. The van der Waals surface area contributed by atoms with Gasteiger partial charge in [0.1, 0.15) is 5.82 Å². The smallest absolute Gasteiger partial charge is 0.280 e. The van der Waals surface area contributed by atoms with Crippen molar-refractivity contribution >= 4 is 23.4 Å². The average molecular weight is 402 g/mol. The molecule has 30 heavy (non-hydrogen) atoms. The molecule has 0 atom stereocenters. The predicted octanol–water partition coefficient (Wildman–Crippen LogP) is 3.28. The fourth-order valence-corrected chi connectivity index (χ4v) is 3.57. The summed E-state index contributed by atoms with van der Waals surface area (Å²) in [6.45, 7) is 5.80. The highest BCUT2D eigenvalue weighted by Gasteiger charge is 2.29. The molecule has 0 unspecified atom stereocenters. The van der Waals surface area contributed by atoms with Crippen LogP contribution in [0.15, 0.2) is 65.4 Å². The molecule has 4 rings (SSSR count). The maximum atomic E-state index is 13.0. The van der Waals surface area contributed by atoms with E-state index < -0.39 is 6.29 Å². The van der Waals surface area contributed by atoms with Gasteiger partial charge < -0.3 is 14.8 Å². The van der Waals surface area contributed by atoms with Crippen LogP contribution in [-0.4, -0.2) is 31.4 Å². The molecule has 1 amide bonds. The van der Waals surface area contributed by atoms with Crippen LogP contribution >= 0.6 is 0 Å². The van der Waals surface area contributed by atoms with Gasteiger partial charge >= 0.3 is 0 Å². The predicted molar refractivity (Wildman–Crippen MR) is 115 cm³/mol. The van der Waals surface area contributed by atoms with Crippen molar-refractivity contribution in [1.29, 1.82) is 0 Å². The molecule has 3 aromatic rings. The van der Waals surface area contributed by atoms with E-state index in [1.807, 2.05) is 44.2 Å². The van der Waals surface area contributed by atoms with Gasteiger partial charge in [-0.2, -0.15) is 10.1 Å². The number of anilines is 1. The van der Waals surface area contributed by atoms with E-state index in [4.69, 9.17) is 0 Å². The molecule has 3 heterocycles. The molecule has 0 aliphatic carbocycles. The summed E-state index contributed by atoms with van der Waals surface area (Å²) in [5.41, 5.74) is 4.98. The van der Waals surface area contributed by atoms with Gasteiger partial charge in [-0.05, 0) is 62.7 Å². The van der Waals surface area contributed by atoms with E-state index in [1.54, 1.807) is 37.4 Å². The summed E-state index contributed by atoms with van der Waals surface area (Å²) in [5.74, 6) is 0.598. The zero-order valence-electron chi connectivity index (χ0n) is 16.9. The van der Waals surface area contributed by atoms with Gasteiger partial charge in [0, 0.05) is 23.1 Å². The van der Waals surface area contributed by atoms with Crippen LogP contribution in [0.3, 0.4) is 0 Å². The number of hydrazone groups is 1. The van der Waals surface area contributed by atoms with Crippen molar-refractivity contribution in [2.45, 2.75) is 27.1 Å². The summed E-state index contributed by atoms with van der Waals surface area (Å²) in [6, 6.07) is 14.2. The highest BCUT2D eigenvalue weighted by atomic mass is 16.5. The van der Waals surface area contributed by atoms with Gasteiger partial charge in [-0.25, -0.2) is 4.98 Å². The molecule has 2 N–H and O–H groups in total. The Morgan fingerprint density at radius 3 is 2.40 bits per heavy atom. The van der Waals surface area contributed by atoms with Crippen LogP contribution in [0.1, 0.15) is 35.7 Å². The highest BCUT2D eigenvalue weighted by Crippen LogP contribution is 2.28. The lowest BCUT2D eigenvalue weighted by Gasteiger charge is -2.13. The first-order chi connectivity index (χ1) is 14.4. The molecule has 0 saturated heterocycles. The van der Waals surface area contributed by atoms with Crippen LogP contribution in [0.5, 0.6) is 0 Å². The number of hydrogen-bond donors (Lipinski definition) is 2. The Kier molecular flexibility index (Phi) is 5.07. The fourth-order valence-electron chi connectivity index (χ4n) is 3.57. The van der Waals surface area contributed by atoms with Crippen molar-refractivity contribution in [3.63, 3.8) is 0 Å². The minimum absolute atomic E-state index is 0.229. The molecular weight excluding hydrogens is 380 g/mol. The van der Waals surface area contributed by atoms with E-state index >= 15 is 0 Å². The third-order valence-electron chi connectivity index (χ3n) is 5.15. The van der Waals surface area contributed by atoms with E-state index in [9.17, 15) is 15.0 Å². The number of amides is 1. The molecule has 1 aliphatic heterocycles. The Labute approximate surface area is 174 Å². The van der Waals surface area contributed by atoms with Crippen molar-refractivity contribution in [2.24, 2.45) is 5.10 Å².